The second-order valence-corrected chi connectivity index (χ2v) is 28.8. The fourth-order valence-corrected chi connectivity index (χ4v) is 15.5. The number of anilines is 8. The molecule has 4 N–H and O–H groups in total. The first-order chi connectivity index (χ1) is 59.0. The van der Waals surface area contributed by atoms with Crippen molar-refractivity contribution in [3.63, 3.8) is 0 Å². The van der Waals surface area contributed by atoms with Gasteiger partial charge in [0.1, 0.15) is 0 Å². The van der Waals surface area contributed by atoms with Gasteiger partial charge in [0.2, 0.25) is 0 Å². The van der Waals surface area contributed by atoms with Crippen LogP contribution in [0.4, 0.5) is 45.5 Å². The van der Waals surface area contributed by atoms with Crippen LogP contribution in [0.5, 0.6) is 0 Å². The molecule has 0 bridgehead atoms. The molecule has 0 saturated heterocycles. The zero-order valence-electron chi connectivity index (χ0n) is 74.2. The molecule has 576 valence electrons. The number of hydrogen-bond donors (Lipinski definition) is 4. The van der Waals surface area contributed by atoms with Crippen molar-refractivity contribution in [1.29, 1.82) is 0 Å². The number of fused-ring (bicyclic) bond motifs is 24. The molecule has 0 aromatic heterocycles. The van der Waals surface area contributed by atoms with Crippen LogP contribution in [0.2, 0.25) is 0 Å². The summed E-state index contributed by atoms with van der Waals surface area (Å²) in [6.45, 7) is 27.0. The Labute approximate surface area is 688 Å². The average molecular weight is 1510 g/mol. The lowest BCUT2D eigenvalue weighted by atomic mass is 9.87. The van der Waals surface area contributed by atoms with E-state index in [1.54, 1.807) is 0 Å². The van der Waals surface area contributed by atoms with Crippen molar-refractivity contribution in [2.24, 2.45) is 0 Å². The van der Waals surface area contributed by atoms with Crippen molar-refractivity contribution in [3.05, 3.63) is 387 Å². The van der Waals surface area contributed by atoms with Crippen LogP contribution in [-0.2, 0) is 5.41 Å². The average Bonchev–Trinajstić information content (AvgIpc) is 0.763. The second kappa shape index (κ2) is 37.8. The van der Waals surface area contributed by atoms with Crippen molar-refractivity contribution < 1.29 is 7.31 Å². The van der Waals surface area contributed by atoms with Crippen molar-refractivity contribution in [3.8, 4) is 0 Å². The molecule has 0 unspecified atom stereocenters. The van der Waals surface area contributed by atoms with Gasteiger partial charge in [-0.25, -0.2) is 0 Å². The largest absolute Gasteiger partial charge is 0.356 e. The van der Waals surface area contributed by atoms with E-state index in [0.717, 1.165) is 45.5 Å². The third-order valence-electron chi connectivity index (χ3n) is 20.8. The van der Waals surface area contributed by atoms with Crippen LogP contribution in [0.25, 0.3) is 129 Å². The van der Waals surface area contributed by atoms with Gasteiger partial charge in [0.25, 0.3) is 0 Å². The first-order valence-corrected chi connectivity index (χ1v) is 40.7. The maximum atomic E-state index is 5.75. The molecule has 20 aromatic carbocycles. The molecule has 0 radical (unpaired) electrons. The van der Waals surface area contributed by atoms with Crippen molar-refractivity contribution in [1.82, 2.24) is 0 Å². The topological polar surface area (TPSA) is 48.1 Å². The fraction of sp³-hybridized carbons (Fsp3) is 0.135. The van der Waals surface area contributed by atoms with Crippen LogP contribution in [0.3, 0.4) is 0 Å². The lowest BCUT2D eigenvalue weighted by Crippen LogP contribution is -2.10. The summed E-state index contributed by atoms with van der Waals surface area (Å²) in [4.78, 5) is 0. The normalized spacial score (nSPS) is 11.0. The Bertz CT molecular complexity index is 6580. The summed E-state index contributed by atoms with van der Waals surface area (Å²) >= 11 is 0. The SMILES string of the molecule is CC.CC.CC.CC.CC(C)(C)c1ccc(Nc2ccc3c4ccccc4c4ccccc4c3c2)cc1.Cc1ccc(Nc2ccc3c4ccccc4c4ccccc4c3c2)cc1.Cc1ccccc1Nc1ccc2c3ccccc3c3ccccc3c2c1.[2H]C.[2H][2H].[2H][2H].c1ccc(Nc2ccc3c4ccccc4c4ccccc4c3c2)cc1. The molecular formula is C111H112N4. The molecule has 115 heavy (non-hydrogen) atoms. The van der Waals surface area contributed by atoms with Crippen LogP contribution >= 0.6 is 0 Å². The van der Waals surface area contributed by atoms with Gasteiger partial charge < -0.3 is 21.3 Å². The van der Waals surface area contributed by atoms with Gasteiger partial charge in [-0.15, -0.1) is 0 Å². The van der Waals surface area contributed by atoms with E-state index in [1.165, 1.54) is 153 Å². The molecule has 0 aliphatic carbocycles. The molecule has 0 fully saturated rings. The number of nitrogens with one attached hydrogen (secondary N) is 4. The van der Waals surface area contributed by atoms with Crippen molar-refractivity contribution >= 4 is 175 Å². The minimum Gasteiger partial charge on any atom is -0.356 e. The molecule has 0 spiro atoms. The van der Waals surface area contributed by atoms with E-state index >= 15 is 0 Å². The van der Waals surface area contributed by atoms with Gasteiger partial charge in [-0.05, 0) is 251 Å². The van der Waals surface area contributed by atoms with Crippen molar-refractivity contribution in [2.75, 3.05) is 21.3 Å². The number of para-hydroxylation sites is 2. The zero-order valence-corrected chi connectivity index (χ0v) is 69.2. The molecule has 4 heteroatoms. The number of hydrogen-bond acceptors (Lipinski definition) is 4. The monoisotopic (exact) mass is 1510 g/mol. The Morgan fingerprint density at radius 3 is 0.652 bits per heavy atom. The van der Waals surface area contributed by atoms with Gasteiger partial charge in [-0.1, -0.05) is 368 Å². The summed E-state index contributed by atoms with van der Waals surface area (Å²) in [5.41, 5.74) is 13.0. The quantitative estimate of drug-likeness (QED) is 0.115. The molecule has 20 rings (SSSR count). The van der Waals surface area contributed by atoms with Crippen LogP contribution < -0.4 is 21.3 Å². The van der Waals surface area contributed by atoms with Crippen LogP contribution in [0.15, 0.2) is 370 Å². The van der Waals surface area contributed by atoms with E-state index in [4.69, 9.17) is 7.31 Å². The smallest absolute Gasteiger partial charge is 0.0413 e. The number of rotatable bonds is 8. The maximum absolute atomic E-state index is 5.75. The van der Waals surface area contributed by atoms with Crippen LogP contribution in [0.1, 0.15) is 108 Å². The standard InChI is InChI=1S/C28H25N.2C25H19N.C24H17N.4C2H6.CH4.2H2/c1-28(2,3)19-12-14-20(15-13-19)29-21-16-17-26-24-10-5-4-8-22(24)23-9-6-7-11-25(23)27(26)18-21;1-17-8-2-7-13-25(17)26-18-14-15-23-21-11-4-3-9-19(21)20-10-5-6-12-22(20)24(23)16-18;1-17-10-12-18(13-11-17)26-19-14-15-24-22-8-3-2-6-20(22)21-7-4-5-9-23(21)25(24)16-19;1-2-8-17(9-3-1)25-18-14-15-23-21-12-5-4-10-19(21)20-11-6-7-13-22(20)24(23)16-18;4*1-2;;;/h4-18,29H,1-3H3;2*2-16,26H,1H3;1-16,25H;4*1-2H3;1H4;2*1H/i;;;;;;;;1D;2*1+1D. The van der Waals surface area contributed by atoms with Crippen LogP contribution in [-0.4, -0.2) is 0 Å². The van der Waals surface area contributed by atoms with Gasteiger partial charge in [0, 0.05) is 52.8 Å². The highest BCUT2D eigenvalue weighted by molar-refractivity contribution is 6.29. The minimum absolute atomic E-state index is 0.168. The zero-order chi connectivity index (χ0) is 85.7. The Balaban J connectivity index is 0.000000160. The molecule has 20 aromatic rings. The van der Waals surface area contributed by atoms with Gasteiger partial charge >= 0.3 is 0 Å². The highest BCUT2D eigenvalue weighted by Crippen LogP contribution is 2.42. The van der Waals surface area contributed by atoms with E-state index in [1.807, 2.05) is 73.6 Å². The first kappa shape index (κ1) is 77.1. The van der Waals surface area contributed by atoms with E-state index in [9.17, 15) is 0 Å². The Morgan fingerprint density at radius 2 is 0.400 bits per heavy atom. The third kappa shape index (κ3) is 17.7. The van der Waals surface area contributed by atoms with Crippen molar-refractivity contribution in [2.45, 2.75) is 103 Å². The molecule has 0 atom stereocenters. The minimum atomic E-state index is 0.168. The number of aryl methyl sites for hydroxylation is 2. The molecule has 0 amide bonds. The molecule has 0 heterocycles. The summed E-state index contributed by atoms with van der Waals surface area (Å²) in [6.07, 6.45) is 0. The molecule has 4 nitrogen and oxygen atoms in total. The van der Waals surface area contributed by atoms with Gasteiger partial charge in [-0.3, -0.25) is 0 Å². The fourth-order valence-electron chi connectivity index (χ4n) is 15.5. The Morgan fingerprint density at radius 1 is 0.209 bits per heavy atom. The molecule has 0 aliphatic rings. The second-order valence-electron chi connectivity index (χ2n) is 28.8. The van der Waals surface area contributed by atoms with E-state index in [2.05, 4.69) is 408 Å². The lowest BCUT2D eigenvalue weighted by molar-refractivity contribution is 0.590. The summed E-state index contributed by atoms with van der Waals surface area (Å²) < 4.78 is 25.8. The highest BCUT2D eigenvalue weighted by Gasteiger charge is 2.16. The molecule has 0 aliphatic heterocycles. The van der Waals surface area contributed by atoms with Crippen LogP contribution in [0, 0.1) is 13.8 Å². The summed E-state index contributed by atoms with van der Waals surface area (Å²) in [5.74, 6) is 0. The van der Waals surface area contributed by atoms with Gasteiger partial charge in [0.05, 0.1) is 0 Å². The third-order valence-corrected chi connectivity index (χ3v) is 20.8. The summed E-state index contributed by atoms with van der Waals surface area (Å²) in [7, 11) is 1.25. The number of benzene rings is 20. The highest BCUT2D eigenvalue weighted by atomic mass is 14.9. The summed E-state index contributed by atoms with van der Waals surface area (Å²) in [5, 5.41) is 45.5. The van der Waals surface area contributed by atoms with Gasteiger partial charge in [-0.2, -0.15) is 0 Å². The first-order valence-electron chi connectivity index (χ1n) is 43.7. The summed E-state index contributed by atoms with van der Waals surface area (Å²) in [6, 6.07) is 132. The Hall–Kier alpha value is -13.3. The predicted octanol–water partition coefficient (Wildman–Crippen LogP) is 34.7. The lowest BCUT2D eigenvalue weighted by Gasteiger charge is -2.19. The van der Waals surface area contributed by atoms with Gasteiger partial charge in [0.15, 0.2) is 0 Å². The predicted molar refractivity (Wildman–Crippen MR) is 519 cm³/mol. The van der Waals surface area contributed by atoms with E-state index in [0.29, 0.717) is 0 Å². The maximum Gasteiger partial charge on any atom is 0.0413 e. The van der Waals surface area contributed by atoms with E-state index < -0.39 is 0 Å². The molecular weight excluding hydrogens is 1390 g/mol. The Kier molecular flexibility index (Phi) is 25.3. The van der Waals surface area contributed by atoms with E-state index in [-0.39, 0.29) is 5.41 Å². The molecule has 0 saturated carbocycles.